The Hall–Kier alpha value is -1.76. The first-order valence-electron chi connectivity index (χ1n) is 7.50. The topological polar surface area (TPSA) is 59.4 Å². The highest BCUT2D eigenvalue weighted by atomic mass is 35.5. The van der Waals surface area contributed by atoms with Crippen LogP contribution < -0.4 is 10.1 Å². The summed E-state index contributed by atoms with van der Waals surface area (Å²) >= 11 is 11.9. The molecule has 0 spiro atoms. The van der Waals surface area contributed by atoms with Crippen molar-refractivity contribution >= 4 is 29.1 Å². The van der Waals surface area contributed by atoms with E-state index in [2.05, 4.69) is 15.3 Å². The average Bonchev–Trinajstić information content (AvgIpc) is 2.99. The van der Waals surface area contributed by atoms with Gasteiger partial charge < -0.3 is 15.0 Å². The van der Waals surface area contributed by atoms with Crippen LogP contribution in [0, 0.1) is 0 Å². The van der Waals surface area contributed by atoms with Crippen molar-refractivity contribution in [1.82, 2.24) is 20.0 Å². The van der Waals surface area contributed by atoms with E-state index >= 15 is 0 Å². The number of carbonyl (C=O) groups is 1. The third-order valence-corrected chi connectivity index (χ3v) is 3.72. The summed E-state index contributed by atoms with van der Waals surface area (Å²) in [6.07, 6.45) is 2.57. The fourth-order valence-corrected chi connectivity index (χ4v) is 2.43. The summed E-state index contributed by atoms with van der Waals surface area (Å²) in [5, 5.41) is 7.99. The Kier molecular flexibility index (Phi) is 6.90. The molecule has 1 N–H and O–H groups in total. The highest BCUT2D eigenvalue weighted by Gasteiger charge is 2.09. The molecule has 6 nitrogen and oxygen atoms in total. The number of nitrogens with one attached hydrogen (secondary N) is 1. The Balaban J connectivity index is 1.83. The molecule has 0 fully saturated rings. The fraction of sp³-hybridized carbons (Fsp3) is 0.375. The minimum absolute atomic E-state index is 0.148. The molecule has 0 bridgehead atoms. The van der Waals surface area contributed by atoms with E-state index in [4.69, 9.17) is 27.9 Å². The van der Waals surface area contributed by atoms with Crippen LogP contribution in [0.4, 0.5) is 0 Å². The molecule has 0 radical (unpaired) electrons. The van der Waals surface area contributed by atoms with E-state index < -0.39 is 0 Å². The highest BCUT2D eigenvalue weighted by molar-refractivity contribution is 6.35. The van der Waals surface area contributed by atoms with E-state index in [0.29, 0.717) is 28.0 Å². The van der Waals surface area contributed by atoms with Crippen LogP contribution in [0.3, 0.4) is 0 Å². The lowest BCUT2D eigenvalue weighted by Gasteiger charge is -2.09. The van der Waals surface area contributed by atoms with Crippen molar-refractivity contribution in [3.8, 4) is 5.75 Å². The number of ether oxygens (including phenoxy) is 1. The molecule has 1 heterocycles. The fourth-order valence-electron chi connectivity index (χ4n) is 1.97. The van der Waals surface area contributed by atoms with Crippen LogP contribution in [0.15, 0.2) is 30.5 Å². The number of rotatable bonds is 8. The normalized spacial score (nSPS) is 10.9. The zero-order valence-corrected chi connectivity index (χ0v) is 15.1. The van der Waals surface area contributed by atoms with Gasteiger partial charge in [0.25, 0.3) is 5.91 Å². The molecule has 0 aliphatic rings. The quantitative estimate of drug-likeness (QED) is 0.725. The molecule has 0 saturated heterocycles. The first-order chi connectivity index (χ1) is 11.5. The van der Waals surface area contributed by atoms with Crippen LogP contribution in [0.2, 0.25) is 10.0 Å². The lowest BCUT2D eigenvalue weighted by molar-refractivity contribution is 0.0945. The third-order valence-electron chi connectivity index (χ3n) is 3.19. The number of amides is 1. The number of benzene rings is 1. The van der Waals surface area contributed by atoms with E-state index in [1.54, 1.807) is 30.5 Å². The van der Waals surface area contributed by atoms with Crippen LogP contribution in [-0.2, 0) is 6.73 Å². The molecule has 2 rings (SSSR count). The highest BCUT2D eigenvalue weighted by Crippen LogP contribution is 2.27. The third kappa shape index (κ3) is 5.70. The van der Waals surface area contributed by atoms with Crippen molar-refractivity contribution in [2.75, 3.05) is 27.2 Å². The van der Waals surface area contributed by atoms with E-state index in [0.717, 1.165) is 13.0 Å². The smallest absolute Gasteiger partial charge is 0.271 e. The molecule has 130 valence electrons. The second kappa shape index (κ2) is 8.92. The zero-order chi connectivity index (χ0) is 17.5. The van der Waals surface area contributed by atoms with Gasteiger partial charge in [0.2, 0.25) is 0 Å². The Labute approximate surface area is 151 Å². The van der Waals surface area contributed by atoms with Crippen LogP contribution in [0.25, 0.3) is 0 Å². The Morgan fingerprint density at radius 2 is 2.12 bits per heavy atom. The molecule has 0 aliphatic heterocycles. The second-order valence-corrected chi connectivity index (χ2v) is 6.34. The Morgan fingerprint density at radius 1 is 1.33 bits per heavy atom. The summed E-state index contributed by atoms with van der Waals surface area (Å²) in [7, 11) is 3.99. The van der Waals surface area contributed by atoms with E-state index in [9.17, 15) is 4.79 Å². The molecule has 2 aromatic rings. The maximum atomic E-state index is 12.0. The zero-order valence-electron chi connectivity index (χ0n) is 13.6. The minimum atomic E-state index is -0.197. The monoisotopic (exact) mass is 370 g/mol. The average molecular weight is 371 g/mol. The van der Waals surface area contributed by atoms with Gasteiger partial charge in [-0.3, -0.25) is 4.79 Å². The number of halogens is 2. The summed E-state index contributed by atoms with van der Waals surface area (Å²) in [5.41, 5.74) is 0.352. The molecule has 1 amide bonds. The number of nitrogens with zero attached hydrogens (tertiary/aromatic N) is 3. The Morgan fingerprint density at radius 3 is 2.83 bits per heavy atom. The maximum Gasteiger partial charge on any atom is 0.271 e. The first-order valence-corrected chi connectivity index (χ1v) is 8.25. The van der Waals surface area contributed by atoms with E-state index in [1.807, 2.05) is 14.1 Å². The SMILES string of the molecule is CN(C)CCCNC(=O)c1ccn(COc2ccc(Cl)cc2Cl)n1. The van der Waals surface area contributed by atoms with Gasteiger partial charge in [0.15, 0.2) is 6.73 Å². The van der Waals surface area contributed by atoms with Crippen molar-refractivity contribution < 1.29 is 9.53 Å². The van der Waals surface area contributed by atoms with Gasteiger partial charge in [0.05, 0.1) is 5.02 Å². The van der Waals surface area contributed by atoms with Gasteiger partial charge in [0, 0.05) is 17.8 Å². The van der Waals surface area contributed by atoms with Crippen molar-refractivity contribution in [3.05, 3.63) is 46.2 Å². The largest absolute Gasteiger partial charge is 0.470 e. The van der Waals surface area contributed by atoms with Gasteiger partial charge in [-0.25, -0.2) is 4.68 Å². The number of hydrogen-bond acceptors (Lipinski definition) is 4. The van der Waals surface area contributed by atoms with E-state index in [-0.39, 0.29) is 12.6 Å². The van der Waals surface area contributed by atoms with Crippen molar-refractivity contribution in [1.29, 1.82) is 0 Å². The number of aromatic nitrogens is 2. The summed E-state index contributed by atoms with van der Waals surface area (Å²) in [6, 6.07) is 6.63. The molecule has 0 aliphatic carbocycles. The standard InChI is InChI=1S/C16H20Cl2N4O2/c1-21(2)8-3-7-19-16(23)14-6-9-22(20-14)11-24-15-5-4-12(17)10-13(15)18/h4-6,9-10H,3,7-8,11H2,1-2H3,(H,19,23). The molecule has 8 heteroatoms. The minimum Gasteiger partial charge on any atom is -0.470 e. The summed E-state index contributed by atoms with van der Waals surface area (Å²) in [4.78, 5) is 14.1. The van der Waals surface area contributed by atoms with Crippen molar-refractivity contribution in [2.45, 2.75) is 13.2 Å². The van der Waals surface area contributed by atoms with Crippen molar-refractivity contribution in [2.24, 2.45) is 0 Å². The van der Waals surface area contributed by atoms with Gasteiger partial charge in [-0.05, 0) is 51.3 Å². The predicted octanol–water partition coefficient (Wildman–Crippen LogP) is 2.91. The molecular formula is C16H20Cl2N4O2. The van der Waals surface area contributed by atoms with Crippen LogP contribution in [-0.4, -0.2) is 47.8 Å². The molecule has 0 atom stereocenters. The van der Waals surface area contributed by atoms with Gasteiger partial charge in [0.1, 0.15) is 11.4 Å². The van der Waals surface area contributed by atoms with Crippen molar-refractivity contribution in [3.63, 3.8) is 0 Å². The second-order valence-electron chi connectivity index (χ2n) is 5.50. The molecule has 24 heavy (non-hydrogen) atoms. The summed E-state index contributed by atoms with van der Waals surface area (Å²) < 4.78 is 7.10. The molecule has 1 aromatic heterocycles. The van der Waals surface area contributed by atoms with Gasteiger partial charge in [-0.1, -0.05) is 23.2 Å². The first kappa shape index (κ1) is 18.6. The maximum absolute atomic E-state index is 12.0. The predicted molar refractivity (Wildman–Crippen MR) is 94.8 cm³/mol. The molecule has 0 saturated carbocycles. The molecular weight excluding hydrogens is 351 g/mol. The summed E-state index contributed by atoms with van der Waals surface area (Å²) in [6.45, 7) is 1.68. The summed E-state index contributed by atoms with van der Waals surface area (Å²) in [5.74, 6) is 0.309. The molecule has 0 unspecified atom stereocenters. The van der Waals surface area contributed by atoms with Gasteiger partial charge >= 0.3 is 0 Å². The van der Waals surface area contributed by atoms with Gasteiger partial charge in [-0.15, -0.1) is 0 Å². The van der Waals surface area contributed by atoms with Gasteiger partial charge in [-0.2, -0.15) is 5.10 Å². The van der Waals surface area contributed by atoms with E-state index in [1.165, 1.54) is 4.68 Å². The number of hydrogen-bond donors (Lipinski definition) is 1. The number of carbonyl (C=O) groups excluding carboxylic acids is 1. The molecule has 1 aromatic carbocycles. The van der Waals surface area contributed by atoms with Crippen LogP contribution >= 0.6 is 23.2 Å². The van der Waals surface area contributed by atoms with Crippen LogP contribution in [0.1, 0.15) is 16.9 Å². The van der Waals surface area contributed by atoms with Crippen LogP contribution in [0.5, 0.6) is 5.75 Å². The lowest BCUT2D eigenvalue weighted by atomic mass is 10.3. The Bertz CT molecular complexity index is 688. The lowest BCUT2D eigenvalue weighted by Crippen LogP contribution is -2.27.